The molecule has 25 heavy (non-hydrogen) atoms. The molecule has 0 saturated carbocycles. The lowest BCUT2D eigenvalue weighted by Gasteiger charge is -2.20. The number of nitrogens with one attached hydrogen (secondary N) is 2. The Morgan fingerprint density at radius 3 is 3.00 bits per heavy atom. The van der Waals surface area contributed by atoms with Gasteiger partial charge in [0.15, 0.2) is 17.4 Å². The fourth-order valence-electron chi connectivity index (χ4n) is 3.01. The monoisotopic (exact) mass is 343 g/mol. The molecule has 1 fully saturated rings. The molecule has 8 heteroatoms. The number of carbonyl (C=O) groups is 1. The summed E-state index contributed by atoms with van der Waals surface area (Å²) in [5.74, 6) is 1.78. The Morgan fingerprint density at radius 2 is 2.24 bits per heavy atom. The summed E-state index contributed by atoms with van der Waals surface area (Å²) in [6.45, 7) is 5.90. The van der Waals surface area contributed by atoms with Crippen LogP contribution in [0.25, 0.3) is 5.65 Å². The van der Waals surface area contributed by atoms with Gasteiger partial charge in [-0.2, -0.15) is 0 Å². The second kappa shape index (κ2) is 7.50. The molecule has 2 aromatic heterocycles. The van der Waals surface area contributed by atoms with Crippen LogP contribution in [-0.4, -0.2) is 57.5 Å². The number of aliphatic imine (C=N–C) groups is 1. The molecule has 1 unspecified atom stereocenters. The number of nitrogens with zero attached hydrogens (tertiary/aromatic N) is 5. The quantitative estimate of drug-likeness (QED) is 0.629. The lowest BCUT2D eigenvalue weighted by atomic mass is 10.2. The summed E-state index contributed by atoms with van der Waals surface area (Å²) >= 11 is 0. The van der Waals surface area contributed by atoms with Crippen molar-refractivity contribution in [3.63, 3.8) is 0 Å². The minimum atomic E-state index is 0.0393. The fraction of sp³-hybridized carbons (Fsp3) is 0.529. The number of amides is 1. The van der Waals surface area contributed by atoms with E-state index in [1.54, 1.807) is 7.05 Å². The maximum Gasteiger partial charge on any atom is 0.225 e. The molecule has 0 bridgehead atoms. The normalized spacial score (nSPS) is 18.2. The van der Waals surface area contributed by atoms with E-state index in [-0.39, 0.29) is 17.9 Å². The molecule has 1 atom stereocenters. The summed E-state index contributed by atoms with van der Waals surface area (Å²) in [5, 5.41) is 15.0. The van der Waals surface area contributed by atoms with Gasteiger partial charge >= 0.3 is 0 Å². The van der Waals surface area contributed by atoms with Crippen molar-refractivity contribution in [2.24, 2.45) is 10.9 Å². The number of hydrogen-bond donors (Lipinski definition) is 2. The predicted molar refractivity (Wildman–Crippen MR) is 96.1 cm³/mol. The summed E-state index contributed by atoms with van der Waals surface area (Å²) < 4.78 is 1.94. The van der Waals surface area contributed by atoms with Gasteiger partial charge in [-0.3, -0.25) is 14.2 Å². The number of fused-ring (bicyclic) bond motifs is 1. The van der Waals surface area contributed by atoms with Crippen LogP contribution < -0.4 is 10.6 Å². The van der Waals surface area contributed by atoms with Crippen LogP contribution in [0.15, 0.2) is 29.4 Å². The van der Waals surface area contributed by atoms with Gasteiger partial charge in [-0.25, -0.2) is 0 Å². The van der Waals surface area contributed by atoms with Crippen LogP contribution in [0, 0.1) is 5.92 Å². The van der Waals surface area contributed by atoms with E-state index in [1.165, 1.54) is 0 Å². The van der Waals surface area contributed by atoms with Crippen molar-refractivity contribution in [2.45, 2.75) is 32.9 Å². The van der Waals surface area contributed by atoms with E-state index >= 15 is 0 Å². The lowest BCUT2D eigenvalue weighted by molar-refractivity contribution is -0.133. The van der Waals surface area contributed by atoms with Crippen LogP contribution in [0.5, 0.6) is 0 Å². The Labute approximate surface area is 147 Å². The van der Waals surface area contributed by atoms with E-state index in [1.807, 2.05) is 47.5 Å². The Hall–Kier alpha value is -2.64. The van der Waals surface area contributed by atoms with Crippen LogP contribution >= 0.6 is 0 Å². The number of pyridine rings is 1. The maximum absolute atomic E-state index is 12.1. The molecule has 1 saturated heterocycles. The van der Waals surface area contributed by atoms with Gasteiger partial charge in [0.2, 0.25) is 5.91 Å². The predicted octanol–water partition coefficient (Wildman–Crippen LogP) is 0.651. The van der Waals surface area contributed by atoms with E-state index in [0.717, 1.165) is 24.4 Å². The smallest absolute Gasteiger partial charge is 0.225 e. The lowest BCUT2D eigenvalue weighted by Crippen LogP contribution is -2.45. The van der Waals surface area contributed by atoms with E-state index in [4.69, 9.17) is 0 Å². The van der Waals surface area contributed by atoms with Gasteiger partial charge in [0, 0.05) is 38.3 Å². The third-order valence-electron chi connectivity index (χ3n) is 4.36. The first-order valence-electron chi connectivity index (χ1n) is 8.63. The summed E-state index contributed by atoms with van der Waals surface area (Å²) in [4.78, 5) is 18.3. The molecule has 3 heterocycles. The summed E-state index contributed by atoms with van der Waals surface area (Å²) in [6, 6.07) is 6.02. The summed E-state index contributed by atoms with van der Waals surface area (Å²) in [5.41, 5.74) is 0.820. The van der Waals surface area contributed by atoms with Crippen molar-refractivity contribution in [1.82, 2.24) is 30.1 Å². The highest BCUT2D eigenvalue weighted by molar-refractivity contribution is 5.81. The van der Waals surface area contributed by atoms with Crippen LogP contribution in [0.3, 0.4) is 0 Å². The first kappa shape index (κ1) is 17.2. The molecular weight excluding hydrogens is 318 g/mol. The minimum Gasteiger partial charge on any atom is -0.352 e. The van der Waals surface area contributed by atoms with Crippen LogP contribution in [-0.2, 0) is 11.3 Å². The fourth-order valence-corrected chi connectivity index (χ4v) is 3.01. The van der Waals surface area contributed by atoms with Crippen LogP contribution in [0.2, 0.25) is 0 Å². The topological polar surface area (TPSA) is 86.9 Å². The average Bonchev–Trinajstić information content (AvgIpc) is 3.25. The standard InChI is InChI=1S/C17H25N7O/c1-12(2)16(25)23-9-7-13(11-23)20-17(18-3)19-10-15-22-21-14-6-4-5-8-24(14)15/h4-6,8,12-13H,7,9-11H2,1-3H3,(H2,18,19,20). The number of rotatable bonds is 4. The van der Waals surface area contributed by atoms with Crippen molar-refractivity contribution in [3.05, 3.63) is 30.2 Å². The third kappa shape index (κ3) is 3.89. The number of likely N-dealkylation sites (tertiary alicyclic amines) is 1. The Morgan fingerprint density at radius 1 is 1.40 bits per heavy atom. The molecule has 2 N–H and O–H groups in total. The average molecular weight is 343 g/mol. The van der Waals surface area contributed by atoms with Crippen molar-refractivity contribution < 1.29 is 4.79 Å². The number of hydrogen-bond acceptors (Lipinski definition) is 4. The molecule has 1 aliphatic rings. The maximum atomic E-state index is 12.1. The number of carbonyl (C=O) groups excluding carboxylic acids is 1. The zero-order valence-corrected chi connectivity index (χ0v) is 14.9. The highest BCUT2D eigenvalue weighted by Crippen LogP contribution is 2.12. The zero-order valence-electron chi connectivity index (χ0n) is 14.9. The zero-order chi connectivity index (χ0) is 17.8. The van der Waals surface area contributed by atoms with Crippen molar-refractivity contribution in [1.29, 1.82) is 0 Å². The van der Waals surface area contributed by atoms with Gasteiger partial charge in [0.05, 0.1) is 6.54 Å². The SMILES string of the molecule is CN=C(NCc1nnc2ccccn12)NC1CCN(C(=O)C(C)C)C1. The molecule has 134 valence electrons. The van der Waals surface area contributed by atoms with Crippen LogP contribution in [0.4, 0.5) is 0 Å². The molecule has 0 aromatic carbocycles. The number of aromatic nitrogens is 3. The largest absolute Gasteiger partial charge is 0.352 e. The second-order valence-corrected chi connectivity index (χ2v) is 6.54. The van der Waals surface area contributed by atoms with Crippen LogP contribution in [0.1, 0.15) is 26.1 Å². The Balaban J connectivity index is 1.55. The van der Waals surface area contributed by atoms with Crippen molar-refractivity contribution in [2.75, 3.05) is 20.1 Å². The van der Waals surface area contributed by atoms with Gasteiger partial charge in [0.25, 0.3) is 0 Å². The summed E-state index contributed by atoms with van der Waals surface area (Å²) in [6.07, 6.45) is 2.86. The van der Waals surface area contributed by atoms with Gasteiger partial charge in [-0.1, -0.05) is 19.9 Å². The molecule has 8 nitrogen and oxygen atoms in total. The van der Waals surface area contributed by atoms with Gasteiger partial charge < -0.3 is 15.5 Å². The Kier molecular flexibility index (Phi) is 5.16. The van der Waals surface area contributed by atoms with Crippen molar-refractivity contribution >= 4 is 17.5 Å². The van der Waals surface area contributed by atoms with Gasteiger partial charge in [-0.05, 0) is 18.6 Å². The molecule has 1 aliphatic heterocycles. The van der Waals surface area contributed by atoms with E-state index in [0.29, 0.717) is 19.0 Å². The van der Waals surface area contributed by atoms with Gasteiger partial charge in [0.1, 0.15) is 0 Å². The molecular formula is C17H25N7O. The highest BCUT2D eigenvalue weighted by Gasteiger charge is 2.27. The molecule has 0 spiro atoms. The molecule has 3 rings (SSSR count). The van der Waals surface area contributed by atoms with E-state index in [2.05, 4.69) is 25.8 Å². The molecule has 0 aliphatic carbocycles. The van der Waals surface area contributed by atoms with E-state index < -0.39 is 0 Å². The van der Waals surface area contributed by atoms with Crippen molar-refractivity contribution in [3.8, 4) is 0 Å². The first-order valence-corrected chi connectivity index (χ1v) is 8.63. The summed E-state index contributed by atoms with van der Waals surface area (Å²) in [7, 11) is 1.74. The highest BCUT2D eigenvalue weighted by atomic mass is 16.2. The van der Waals surface area contributed by atoms with E-state index in [9.17, 15) is 4.79 Å². The minimum absolute atomic E-state index is 0.0393. The van der Waals surface area contributed by atoms with Gasteiger partial charge in [-0.15, -0.1) is 10.2 Å². The second-order valence-electron chi connectivity index (χ2n) is 6.54. The molecule has 0 radical (unpaired) electrons. The Bertz CT molecular complexity index is 767. The number of guanidine groups is 1. The molecule has 2 aromatic rings. The first-order chi connectivity index (χ1) is 12.1. The third-order valence-corrected chi connectivity index (χ3v) is 4.36. The molecule has 1 amide bonds.